The molecule has 0 rings (SSSR count). The highest BCUT2D eigenvalue weighted by Gasteiger charge is 2.02. The summed E-state index contributed by atoms with van der Waals surface area (Å²) in [6, 6.07) is 0. The first-order valence-electron chi connectivity index (χ1n) is 4.99. The molecular weight excluding hydrogens is 166 g/mol. The van der Waals surface area contributed by atoms with Crippen molar-refractivity contribution < 1.29 is 0 Å². The van der Waals surface area contributed by atoms with E-state index in [0.29, 0.717) is 0 Å². The SMILES string of the molecule is CCCNCC(C)SCC(C)C. The van der Waals surface area contributed by atoms with Gasteiger partial charge >= 0.3 is 0 Å². The fourth-order valence-corrected chi connectivity index (χ4v) is 1.85. The van der Waals surface area contributed by atoms with Crippen LogP contribution in [0.5, 0.6) is 0 Å². The van der Waals surface area contributed by atoms with Gasteiger partial charge in [0.1, 0.15) is 0 Å². The summed E-state index contributed by atoms with van der Waals surface area (Å²) < 4.78 is 0. The Bertz CT molecular complexity index is 93.8. The van der Waals surface area contributed by atoms with Gasteiger partial charge in [-0.05, 0) is 24.6 Å². The topological polar surface area (TPSA) is 12.0 Å². The zero-order valence-corrected chi connectivity index (χ0v) is 9.71. The Morgan fingerprint density at radius 3 is 2.42 bits per heavy atom. The first kappa shape index (κ1) is 12.3. The molecule has 12 heavy (non-hydrogen) atoms. The van der Waals surface area contributed by atoms with Crippen LogP contribution in [0.1, 0.15) is 34.1 Å². The quantitative estimate of drug-likeness (QED) is 0.618. The van der Waals surface area contributed by atoms with Crippen LogP contribution in [0.3, 0.4) is 0 Å². The summed E-state index contributed by atoms with van der Waals surface area (Å²) in [6.45, 7) is 11.4. The van der Waals surface area contributed by atoms with E-state index in [-0.39, 0.29) is 0 Å². The van der Waals surface area contributed by atoms with Gasteiger partial charge in [0.2, 0.25) is 0 Å². The summed E-state index contributed by atoms with van der Waals surface area (Å²) in [4.78, 5) is 0. The molecule has 0 radical (unpaired) electrons. The van der Waals surface area contributed by atoms with Crippen molar-refractivity contribution in [3.8, 4) is 0 Å². The molecule has 0 bridgehead atoms. The second kappa shape index (κ2) is 7.93. The van der Waals surface area contributed by atoms with Crippen molar-refractivity contribution in [2.45, 2.75) is 39.4 Å². The molecule has 0 fully saturated rings. The summed E-state index contributed by atoms with van der Waals surface area (Å²) in [5.74, 6) is 2.11. The molecule has 0 aromatic carbocycles. The van der Waals surface area contributed by atoms with Gasteiger partial charge in [-0.25, -0.2) is 0 Å². The summed E-state index contributed by atoms with van der Waals surface area (Å²) in [7, 11) is 0. The van der Waals surface area contributed by atoms with E-state index < -0.39 is 0 Å². The van der Waals surface area contributed by atoms with Crippen LogP contribution in [0, 0.1) is 5.92 Å². The number of nitrogens with one attached hydrogen (secondary N) is 1. The molecule has 1 atom stereocenters. The molecular formula is C10H23NS. The van der Waals surface area contributed by atoms with E-state index in [1.807, 2.05) is 0 Å². The lowest BCUT2D eigenvalue weighted by molar-refractivity contribution is 0.666. The van der Waals surface area contributed by atoms with Crippen molar-refractivity contribution in [2.24, 2.45) is 5.92 Å². The first-order valence-corrected chi connectivity index (χ1v) is 6.04. The Balaban J connectivity index is 3.15. The van der Waals surface area contributed by atoms with Crippen LogP contribution in [-0.4, -0.2) is 24.1 Å². The van der Waals surface area contributed by atoms with Gasteiger partial charge in [0.25, 0.3) is 0 Å². The lowest BCUT2D eigenvalue weighted by Gasteiger charge is -2.13. The van der Waals surface area contributed by atoms with Gasteiger partial charge in [0.05, 0.1) is 0 Å². The van der Waals surface area contributed by atoms with Crippen LogP contribution in [0.25, 0.3) is 0 Å². The van der Waals surface area contributed by atoms with Gasteiger partial charge in [-0.2, -0.15) is 11.8 Å². The van der Waals surface area contributed by atoms with Crippen LogP contribution in [0.2, 0.25) is 0 Å². The molecule has 0 saturated heterocycles. The maximum absolute atomic E-state index is 3.44. The Labute approximate surface area is 81.7 Å². The molecule has 2 heteroatoms. The Hall–Kier alpha value is 0.310. The Morgan fingerprint density at radius 1 is 1.25 bits per heavy atom. The van der Waals surface area contributed by atoms with E-state index in [9.17, 15) is 0 Å². The Kier molecular flexibility index (Phi) is 8.14. The third-order valence-corrected chi connectivity index (χ3v) is 3.17. The third-order valence-electron chi connectivity index (χ3n) is 1.57. The summed E-state index contributed by atoms with van der Waals surface area (Å²) >= 11 is 2.07. The van der Waals surface area contributed by atoms with E-state index in [1.165, 1.54) is 12.2 Å². The lowest BCUT2D eigenvalue weighted by Crippen LogP contribution is -2.23. The molecule has 0 saturated carbocycles. The number of thioether (sulfide) groups is 1. The minimum Gasteiger partial charge on any atom is -0.316 e. The normalized spacial score (nSPS) is 13.8. The highest BCUT2D eigenvalue weighted by molar-refractivity contribution is 7.99. The highest BCUT2D eigenvalue weighted by Crippen LogP contribution is 2.13. The maximum Gasteiger partial charge on any atom is 0.0144 e. The zero-order chi connectivity index (χ0) is 9.40. The van der Waals surface area contributed by atoms with E-state index in [0.717, 1.165) is 24.3 Å². The predicted octanol–water partition coefficient (Wildman–Crippen LogP) is 2.76. The highest BCUT2D eigenvalue weighted by atomic mass is 32.2. The number of rotatable bonds is 7. The molecule has 0 heterocycles. The molecule has 0 aromatic rings. The van der Waals surface area contributed by atoms with Crippen molar-refractivity contribution >= 4 is 11.8 Å². The summed E-state index contributed by atoms with van der Waals surface area (Å²) in [5, 5.41) is 4.20. The van der Waals surface area contributed by atoms with E-state index in [2.05, 4.69) is 44.8 Å². The maximum atomic E-state index is 3.44. The second-order valence-electron chi connectivity index (χ2n) is 3.74. The summed E-state index contributed by atoms with van der Waals surface area (Å²) in [6.07, 6.45) is 1.24. The molecule has 0 amide bonds. The van der Waals surface area contributed by atoms with E-state index in [1.54, 1.807) is 0 Å². The molecule has 1 N–H and O–H groups in total. The van der Waals surface area contributed by atoms with Crippen LogP contribution in [0.4, 0.5) is 0 Å². The summed E-state index contributed by atoms with van der Waals surface area (Å²) in [5.41, 5.74) is 0. The first-order chi connectivity index (χ1) is 5.66. The van der Waals surface area contributed by atoms with Crippen LogP contribution in [-0.2, 0) is 0 Å². The number of hydrogen-bond donors (Lipinski definition) is 1. The monoisotopic (exact) mass is 189 g/mol. The van der Waals surface area contributed by atoms with Gasteiger partial charge in [0, 0.05) is 11.8 Å². The van der Waals surface area contributed by atoms with Crippen LogP contribution >= 0.6 is 11.8 Å². The molecule has 74 valence electrons. The Morgan fingerprint density at radius 2 is 1.92 bits per heavy atom. The average Bonchev–Trinajstić information content (AvgIpc) is 2.01. The van der Waals surface area contributed by atoms with Gasteiger partial charge in [-0.15, -0.1) is 0 Å². The molecule has 0 aliphatic rings. The molecule has 0 aromatic heterocycles. The fraction of sp³-hybridized carbons (Fsp3) is 1.00. The van der Waals surface area contributed by atoms with Crippen molar-refractivity contribution in [1.82, 2.24) is 5.32 Å². The van der Waals surface area contributed by atoms with Gasteiger partial charge in [-0.3, -0.25) is 0 Å². The largest absolute Gasteiger partial charge is 0.316 e. The van der Waals surface area contributed by atoms with E-state index >= 15 is 0 Å². The zero-order valence-electron chi connectivity index (χ0n) is 8.89. The molecule has 0 aliphatic heterocycles. The van der Waals surface area contributed by atoms with Crippen molar-refractivity contribution in [3.05, 3.63) is 0 Å². The molecule has 1 unspecified atom stereocenters. The standard InChI is InChI=1S/C10H23NS/c1-5-6-11-7-10(4)12-8-9(2)3/h9-11H,5-8H2,1-4H3. The second-order valence-corrected chi connectivity index (χ2v) is 5.21. The van der Waals surface area contributed by atoms with Gasteiger partial charge < -0.3 is 5.32 Å². The van der Waals surface area contributed by atoms with Crippen molar-refractivity contribution in [1.29, 1.82) is 0 Å². The minimum atomic E-state index is 0.763. The van der Waals surface area contributed by atoms with Crippen LogP contribution < -0.4 is 5.32 Å². The molecule has 0 aliphatic carbocycles. The van der Waals surface area contributed by atoms with E-state index in [4.69, 9.17) is 0 Å². The van der Waals surface area contributed by atoms with Crippen molar-refractivity contribution in [3.63, 3.8) is 0 Å². The van der Waals surface area contributed by atoms with Crippen molar-refractivity contribution in [2.75, 3.05) is 18.8 Å². The fourth-order valence-electron chi connectivity index (χ4n) is 0.898. The molecule has 1 nitrogen and oxygen atoms in total. The van der Waals surface area contributed by atoms with Gasteiger partial charge in [-0.1, -0.05) is 27.7 Å². The van der Waals surface area contributed by atoms with Crippen LogP contribution in [0.15, 0.2) is 0 Å². The van der Waals surface area contributed by atoms with Gasteiger partial charge in [0.15, 0.2) is 0 Å². The molecule has 0 spiro atoms. The smallest absolute Gasteiger partial charge is 0.0144 e. The number of hydrogen-bond acceptors (Lipinski definition) is 2. The predicted molar refractivity (Wildman–Crippen MR) is 59.9 cm³/mol. The average molecular weight is 189 g/mol. The minimum absolute atomic E-state index is 0.763. The lowest BCUT2D eigenvalue weighted by atomic mass is 10.3. The third kappa shape index (κ3) is 8.41.